The van der Waals surface area contributed by atoms with E-state index < -0.39 is 0 Å². The lowest BCUT2D eigenvalue weighted by Gasteiger charge is -2.17. The van der Waals surface area contributed by atoms with Crippen LogP contribution in [0.2, 0.25) is 0 Å². The number of rotatable bonds is 0. The fourth-order valence-corrected chi connectivity index (χ4v) is 2.43. The summed E-state index contributed by atoms with van der Waals surface area (Å²) < 4.78 is 0. The highest BCUT2D eigenvalue weighted by Gasteiger charge is 2.19. The van der Waals surface area contributed by atoms with Gasteiger partial charge in [-0.15, -0.1) is 5.47 Å². The van der Waals surface area contributed by atoms with E-state index in [0.717, 1.165) is 11.9 Å². The molecular weight excluding hydrogens is 181 g/mol. The zero-order valence-corrected chi connectivity index (χ0v) is 8.75. The fraction of sp³-hybridized carbons (Fsp3) is 0.231. The molecule has 72 valence electrons. The summed E-state index contributed by atoms with van der Waals surface area (Å²) in [5.74, 6) is 0.498. The second-order valence-corrected chi connectivity index (χ2v) is 4.32. The molecule has 0 spiro atoms. The Morgan fingerprint density at radius 3 is 3.00 bits per heavy atom. The third-order valence-corrected chi connectivity index (χ3v) is 3.14. The average Bonchev–Trinajstić information content (AvgIpc) is 2.57. The average molecular weight is 193 g/mol. The van der Waals surface area contributed by atoms with Crippen molar-refractivity contribution in [1.29, 1.82) is 0 Å². The van der Waals surface area contributed by atoms with Crippen molar-refractivity contribution in [3.63, 3.8) is 0 Å². The molecule has 3 rings (SSSR count). The summed E-state index contributed by atoms with van der Waals surface area (Å²) in [7, 11) is 5.94. The van der Waals surface area contributed by atoms with E-state index in [1.807, 2.05) is 0 Å². The smallest absolute Gasteiger partial charge is 0.107 e. The third kappa shape index (κ3) is 1.24. The number of nitrogens with one attached hydrogen (secondary N) is 1. The Labute approximate surface area is 90.6 Å². The molecule has 15 heavy (non-hydrogen) atoms. The molecule has 0 saturated carbocycles. The molecule has 1 unspecified atom stereocenters. The molecule has 1 atom stereocenters. The highest BCUT2D eigenvalue weighted by atomic mass is 14.7. The van der Waals surface area contributed by atoms with Gasteiger partial charge in [0.1, 0.15) is 7.85 Å². The maximum Gasteiger partial charge on any atom is 0.107 e. The second-order valence-electron chi connectivity index (χ2n) is 4.32. The minimum atomic E-state index is 0.498. The summed E-state index contributed by atoms with van der Waals surface area (Å²) in [6.45, 7) is 2.22. The van der Waals surface area contributed by atoms with E-state index in [0.29, 0.717) is 5.92 Å². The predicted molar refractivity (Wildman–Crippen MR) is 65.1 cm³/mol. The van der Waals surface area contributed by atoms with Crippen LogP contribution in [-0.4, -0.2) is 12.8 Å². The number of aromatic nitrogens is 1. The first kappa shape index (κ1) is 8.84. The van der Waals surface area contributed by atoms with Crippen molar-refractivity contribution in [2.45, 2.75) is 19.3 Å². The molecule has 0 fully saturated rings. The summed E-state index contributed by atoms with van der Waals surface area (Å²) in [6, 6.07) is 8.39. The van der Waals surface area contributed by atoms with Gasteiger partial charge in [0.2, 0.25) is 0 Å². The minimum Gasteiger partial charge on any atom is -0.358 e. The molecule has 0 aliphatic heterocycles. The van der Waals surface area contributed by atoms with Crippen LogP contribution in [0, 0.1) is 0 Å². The van der Waals surface area contributed by atoms with E-state index in [2.05, 4.69) is 42.2 Å². The number of allylic oxidation sites excluding steroid dienone is 1. The second kappa shape index (κ2) is 3.03. The van der Waals surface area contributed by atoms with Crippen LogP contribution in [0.15, 0.2) is 29.7 Å². The first-order chi connectivity index (χ1) is 7.25. The Morgan fingerprint density at radius 2 is 2.13 bits per heavy atom. The van der Waals surface area contributed by atoms with Gasteiger partial charge < -0.3 is 4.98 Å². The van der Waals surface area contributed by atoms with Crippen LogP contribution >= 0.6 is 0 Å². The highest BCUT2D eigenvalue weighted by molar-refractivity contribution is 6.24. The lowest BCUT2D eigenvalue weighted by Crippen LogP contribution is -2.03. The van der Waals surface area contributed by atoms with E-state index in [1.165, 1.54) is 22.2 Å². The van der Waals surface area contributed by atoms with Gasteiger partial charge in [0.25, 0.3) is 0 Å². The van der Waals surface area contributed by atoms with Crippen LogP contribution in [0.1, 0.15) is 30.5 Å². The van der Waals surface area contributed by atoms with Crippen molar-refractivity contribution < 1.29 is 0 Å². The van der Waals surface area contributed by atoms with E-state index in [9.17, 15) is 0 Å². The maximum atomic E-state index is 5.94. The van der Waals surface area contributed by atoms with Gasteiger partial charge in [0, 0.05) is 22.2 Å². The molecule has 2 heteroatoms. The summed E-state index contributed by atoms with van der Waals surface area (Å²) in [5.41, 5.74) is 4.80. The standard InChI is InChI=1S/C13H12BN/c1-8-6-9(14)7-11-10-4-2-3-5-12(10)15-13(8)11/h2-5,7-8,15H,6H2,1H3. The number of para-hydroxylation sites is 1. The summed E-state index contributed by atoms with van der Waals surface area (Å²) >= 11 is 0. The fourth-order valence-electron chi connectivity index (χ4n) is 2.43. The molecule has 0 bridgehead atoms. The molecule has 1 aliphatic carbocycles. The van der Waals surface area contributed by atoms with Gasteiger partial charge in [-0.1, -0.05) is 31.2 Å². The number of aromatic amines is 1. The zero-order valence-electron chi connectivity index (χ0n) is 8.75. The summed E-state index contributed by atoms with van der Waals surface area (Å²) in [6.07, 6.45) is 3.06. The van der Waals surface area contributed by atoms with Crippen molar-refractivity contribution in [2.75, 3.05) is 0 Å². The molecule has 1 aromatic carbocycles. The van der Waals surface area contributed by atoms with Crippen molar-refractivity contribution >= 4 is 24.8 Å². The SMILES string of the molecule is [B]C1=Cc2c([nH]c3ccccc23)C(C)C1. The topological polar surface area (TPSA) is 15.8 Å². The van der Waals surface area contributed by atoms with E-state index >= 15 is 0 Å². The van der Waals surface area contributed by atoms with Crippen LogP contribution in [0.4, 0.5) is 0 Å². The Balaban J connectivity index is 2.37. The van der Waals surface area contributed by atoms with Gasteiger partial charge in [-0.25, -0.2) is 0 Å². The number of fused-ring (bicyclic) bond motifs is 3. The van der Waals surface area contributed by atoms with E-state index in [4.69, 9.17) is 7.85 Å². The van der Waals surface area contributed by atoms with Crippen molar-refractivity contribution in [3.05, 3.63) is 41.0 Å². The summed E-state index contributed by atoms with van der Waals surface area (Å²) in [5, 5.41) is 1.28. The van der Waals surface area contributed by atoms with E-state index in [1.54, 1.807) is 0 Å². The maximum absolute atomic E-state index is 5.94. The Morgan fingerprint density at radius 1 is 1.33 bits per heavy atom. The monoisotopic (exact) mass is 193 g/mol. The summed E-state index contributed by atoms with van der Waals surface area (Å²) in [4.78, 5) is 3.49. The number of benzene rings is 1. The molecule has 1 nitrogen and oxygen atoms in total. The molecule has 1 heterocycles. The lowest BCUT2D eigenvalue weighted by molar-refractivity contribution is 0.742. The lowest BCUT2D eigenvalue weighted by atomic mass is 9.79. The van der Waals surface area contributed by atoms with Crippen LogP contribution in [0.3, 0.4) is 0 Å². The van der Waals surface area contributed by atoms with Gasteiger partial charge in [-0.2, -0.15) is 0 Å². The molecule has 1 aromatic heterocycles. The van der Waals surface area contributed by atoms with Crippen molar-refractivity contribution in [3.8, 4) is 0 Å². The van der Waals surface area contributed by atoms with Gasteiger partial charge in [0.15, 0.2) is 0 Å². The van der Waals surface area contributed by atoms with Crippen molar-refractivity contribution in [1.82, 2.24) is 4.98 Å². The predicted octanol–water partition coefficient (Wildman–Crippen LogP) is 3.18. The van der Waals surface area contributed by atoms with Gasteiger partial charge in [-0.3, -0.25) is 0 Å². The normalized spacial score (nSPS) is 20.1. The van der Waals surface area contributed by atoms with Gasteiger partial charge in [0.05, 0.1) is 0 Å². The highest BCUT2D eigenvalue weighted by Crippen LogP contribution is 2.36. The molecule has 1 aliphatic rings. The third-order valence-electron chi connectivity index (χ3n) is 3.14. The van der Waals surface area contributed by atoms with E-state index in [-0.39, 0.29) is 0 Å². The number of hydrogen-bond acceptors (Lipinski definition) is 0. The quantitative estimate of drug-likeness (QED) is 0.618. The first-order valence-electron chi connectivity index (χ1n) is 5.32. The molecule has 0 saturated heterocycles. The van der Waals surface area contributed by atoms with Crippen molar-refractivity contribution in [2.24, 2.45) is 0 Å². The Bertz CT molecular complexity index is 551. The largest absolute Gasteiger partial charge is 0.358 e. The molecule has 1 N–H and O–H groups in total. The Hall–Kier alpha value is -1.44. The molecule has 2 radical (unpaired) electrons. The van der Waals surface area contributed by atoms with Gasteiger partial charge in [-0.05, 0) is 18.4 Å². The Kier molecular flexibility index (Phi) is 1.78. The number of hydrogen-bond donors (Lipinski definition) is 1. The van der Waals surface area contributed by atoms with Crippen LogP contribution in [0.5, 0.6) is 0 Å². The van der Waals surface area contributed by atoms with Gasteiger partial charge >= 0.3 is 0 Å². The number of H-pyrrole nitrogens is 1. The van der Waals surface area contributed by atoms with Crippen LogP contribution in [-0.2, 0) is 0 Å². The minimum absolute atomic E-state index is 0.498. The molecule has 0 amide bonds. The zero-order chi connectivity index (χ0) is 10.4. The molecule has 2 aromatic rings. The molecular formula is C13H12BN. The van der Waals surface area contributed by atoms with Crippen LogP contribution < -0.4 is 0 Å². The van der Waals surface area contributed by atoms with Crippen LogP contribution in [0.25, 0.3) is 17.0 Å². The first-order valence-corrected chi connectivity index (χ1v) is 5.32.